The Morgan fingerprint density at radius 3 is 2.00 bits per heavy atom. The van der Waals surface area contributed by atoms with E-state index in [1.807, 2.05) is 30.3 Å². The summed E-state index contributed by atoms with van der Waals surface area (Å²) < 4.78 is 4.91. The fourth-order valence-corrected chi connectivity index (χ4v) is 0.557. The molecule has 0 atom stereocenters. The molecule has 1 aromatic carbocycles. The molecule has 0 aliphatic carbocycles. The SMILES string of the molecule is COc1ccccc1.[OsH2]. The van der Waals surface area contributed by atoms with Crippen LogP contribution in [-0.4, -0.2) is 7.11 Å². The summed E-state index contributed by atoms with van der Waals surface area (Å²) in [4.78, 5) is 0. The first kappa shape index (κ1) is 8.66. The molecule has 0 spiro atoms. The molecule has 0 radical (unpaired) electrons. The first-order valence-electron chi connectivity index (χ1n) is 2.52. The molecular weight excluding hydrogens is 290 g/mol. The maximum absolute atomic E-state index is 4.91. The van der Waals surface area contributed by atoms with Gasteiger partial charge >= 0.3 is 19.8 Å². The van der Waals surface area contributed by atoms with Crippen LogP contribution in [0, 0.1) is 0 Å². The summed E-state index contributed by atoms with van der Waals surface area (Å²) in [7, 11) is 1.66. The van der Waals surface area contributed by atoms with E-state index in [1.54, 1.807) is 7.11 Å². The number of ether oxygens (including phenoxy) is 1. The van der Waals surface area contributed by atoms with Crippen LogP contribution in [0.4, 0.5) is 0 Å². The van der Waals surface area contributed by atoms with E-state index in [4.69, 9.17) is 4.74 Å². The van der Waals surface area contributed by atoms with E-state index < -0.39 is 0 Å². The van der Waals surface area contributed by atoms with Gasteiger partial charge in [0, 0.05) is 0 Å². The van der Waals surface area contributed by atoms with Crippen LogP contribution in [0.5, 0.6) is 5.75 Å². The van der Waals surface area contributed by atoms with Crippen LogP contribution in [0.25, 0.3) is 0 Å². The summed E-state index contributed by atoms with van der Waals surface area (Å²) in [5.74, 6) is 0.910. The summed E-state index contributed by atoms with van der Waals surface area (Å²) in [5, 5.41) is 0. The van der Waals surface area contributed by atoms with Crippen molar-refractivity contribution in [1.29, 1.82) is 0 Å². The van der Waals surface area contributed by atoms with Crippen LogP contribution >= 0.6 is 0 Å². The Morgan fingerprint density at radius 2 is 1.67 bits per heavy atom. The van der Waals surface area contributed by atoms with Crippen molar-refractivity contribution < 1.29 is 24.5 Å². The number of hydrogen-bond donors (Lipinski definition) is 0. The van der Waals surface area contributed by atoms with Crippen LogP contribution in [0.15, 0.2) is 30.3 Å². The fraction of sp³-hybridized carbons (Fsp3) is 0.143. The third kappa shape index (κ3) is 2.63. The van der Waals surface area contributed by atoms with Crippen LogP contribution < -0.4 is 4.74 Å². The summed E-state index contributed by atoms with van der Waals surface area (Å²) in [6.07, 6.45) is 0. The monoisotopic (exact) mass is 302 g/mol. The van der Waals surface area contributed by atoms with Crippen molar-refractivity contribution in [3.63, 3.8) is 0 Å². The molecule has 0 fully saturated rings. The zero-order valence-electron chi connectivity index (χ0n) is 5.20. The van der Waals surface area contributed by atoms with E-state index in [1.165, 1.54) is 0 Å². The van der Waals surface area contributed by atoms with Gasteiger partial charge in [-0.1, -0.05) is 18.2 Å². The predicted molar refractivity (Wildman–Crippen MR) is 35.8 cm³/mol. The molecule has 0 unspecified atom stereocenters. The fourth-order valence-electron chi connectivity index (χ4n) is 0.557. The molecule has 52 valence electrons. The minimum atomic E-state index is 0. The molecular formula is C7H10OOs. The second-order valence-corrected chi connectivity index (χ2v) is 1.52. The average Bonchev–Trinajstić information content (AvgIpc) is 1.90. The van der Waals surface area contributed by atoms with Crippen molar-refractivity contribution in [1.82, 2.24) is 0 Å². The van der Waals surface area contributed by atoms with Gasteiger partial charge in [-0.25, -0.2) is 0 Å². The van der Waals surface area contributed by atoms with Crippen LogP contribution in [0.2, 0.25) is 0 Å². The Labute approximate surface area is 68.1 Å². The molecule has 0 heterocycles. The summed E-state index contributed by atoms with van der Waals surface area (Å²) >= 11 is 0. The number of methoxy groups -OCH3 is 1. The van der Waals surface area contributed by atoms with Gasteiger partial charge in [0.1, 0.15) is 5.75 Å². The van der Waals surface area contributed by atoms with Gasteiger partial charge in [0.25, 0.3) is 0 Å². The van der Waals surface area contributed by atoms with Gasteiger partial charge in [0.15, 0.2) is 0 Å². The Balaban J connectivity index is 0.000000640. The Morgan fingerprint density at radius 1 is 1.11 bits per heavy atom. The van der Waals surface area contributed by atoms with Crippen molar-refractivity contribution in [3.05, 3.63) is 30.3 Å². The Hall–Kier alpha value is -0.344. The number of para-hydroxylation sites is 1. The average molecular weight is 300 g/mol. The number of rotatable bonds is 1. The van der Waals surface area contributed by atoms with Crippen LogP contribution in [-0.2, 0) is 19.8 Å². The van der Waals surface area contributed by atoms with Crippen molar-refractivity contribution >= 4 is 0 Å². The maximum atomic E-state index is 4.91. The Kier molecular flexibility index (Phi) is 4.35. The first-order valence-corrected chi connectivity index (χ1v) is 2.52. The second kappa shape index (κ2) is 4.53. The molecule has 0 N–H and O–H groups in total. The number of hydrogen-bond acceptors (Lipinski definition) is 1. The van der Waals surface area contributed by atoms with E-state index >= 15 is 0 Å². The van der Waals surface area contributed by atoms with E-state index in [9.17, 15) is 0 Å². The van der Waals surface area contributed by atoms with Gasteiger partial charge < -0.3 is 4.74 Å². The quantitative estimate of drug-likeness (QED) is 0.756. The summed E-state index contributed by atoms with van der Waals surface area (Å²) in [6, 6.07) is 9.68. The molecule has 2 heteroatoms. The van der Waals surface area contributed by atoms with Crippen molar-refractivity contribution in [2.75, 3.05) is 7.11 Å². The normalized spacial score (nSPS) is 7.67. The molecule has 0 bridgehead atoms. The molecule has 0 amide bonds. The second-order valence-electron chi connectivity index (χ2n) is 1.52. The van der Waals surface area contributed by atoms with E-state index in [0.717, 1.165) is 5.75 Å². The minimum absolute atomic E-state index is 0. The van der Waals surface area contributed by atoms with Crippen LogP contribution in [0.3, 0.4) is 0 Å². The topological polar surface area (TPSA) is 9.23 Å². The summed E-state index contributed by atoms with van der Waals surface area (Å²) in [5.41, 5.74) is 0. The van der Waals surface area contributed by atoms with Gasteiger partial charge in [-0.3, -0.25) is 0 Å². The van der Waals surface area contributed by atoms with Gasteiger partial charge in [-0.05, 0) is 12.1 Å². The third-order valence-electron chi connectivity index (χ3n) is 0.979. The van der Waals surface area contributed by atoms with Crippen molar-refractivity contribution in [3.8, 4) is 5.75 Å². The molecule has 1 nitrogen and oxygen atoms in total. The molecule has 1 rings (SSSR count). The van der Waals surface area contributed by atoms with Crippen LogP contribution in [0.1, 0.15) is 0 Å². The first-order chi connectivity index (χ1) is 3.93. The van der Waals surface area contributed by atoms with E-state index in [2.05, 4.69) is 0 Å². The predicted octanol–water partition coefficient (Wildman–Crippen LogP) is 1.16. The zero-order chi connectivity index (χ0) is 5.82. The molecule has 0 saturated carbocycles. The zero-order valence-corrected chi connectivity index (χ0v) is 8.14. The van der Waals surface area contributed by atoms with Crippen molar-refractivity contribution in [2.24, 2.45) is 0 Å². The molecule has 0 aliphatic rings. The van der Waals surface area contributed by atoms with Gasteiger partial charge in [-0.2, -0.15) is 0 Å². The molecule has 0 aliphatic heterocycles. The summed E-state index contributed by atoms with van der Waals surface area (Å²) in [6.45, 7) is 0. The van der Waals surface area contributed by atoms with E-state index in [-0.39, 0.29) is 19.8 Å². The third-order valence-corrected chi connectivity index (χ3v) is 0.979. The Bertz CT molecular complexity index is 150. The van der Waals surface area contributed by atoms with Crippen molar-refractivity contribution in [2.45, 2.75) is 0 Å². The molecule has 1 aromatic rings. The molecule has 9 heavy (non-hydrogen) atoms. The van der Waals surface area contributed by atoms with E-state index in [0.29, 0.717) is 0 Å². The van der Waals surface area contributed by atoms with Gasteiger partial charge in [0.2, 0.25) is 0 Å². The van der Waals surface area contributed by atoms with Gasteiger partial charge in [-0.15, -0.1) is 0 Å². The molecule has 0 saturated heterocycles. The number of benzene rings is 1. The standard InChI is InChI=1S/C7H8O.Os.2H/c1-8-7-5-3-2-4-6-7;;;/h2-6H,1H3;;;. The molecule has 0 aromatic heterocycles. The van der Waals surface area contributed by atoms with Gasteiger partial charge in [0.05, 0.1) is 7.11 Å².